The van der Waals surface area contributed by atoms with Gasteiger partial charge in [-0.25, -0.2) is 4.39 Å². The van der Waals surface area contributed by atoms with E-state index in [4.69, 9.17) is 0 Å². The molecular formula is C21H23FN2. The van der Waals surface area contributed by atoms with Gasteiger partial charge in [0.05, 0.1) is 5.52 Å². The van der Waals surface area contributed by atoms with Crippen molar-refractivity contribution in [3.63, 3.8) is 0 Å². The molecule has 24 heavy (non-hydrogen) atoms. The van der Waals surface area contributed by atoms with Gasteiger partial charge in [0, 0.05) is 37.0 Å². The highest BCUT2D eigenvalue weighted by atomic mass is 19.1. The Kier molecular flexibility index (Phi) is 4.11. The van der Waals surface area contributed by atoms with E-state index in [9.17, 15) is 0 Å². The van der Waals surface area contributed by atoms with Gasteiger partial charge in [-0.3, -0.25) is 0 Å². The molecule has 3 heteroatoms. The molecule has 0 spiro atoms. The molecule has 0 amide bonds. The minimum atomic E-state index is -1.02. The topological polar surface area (TPSA) is 8.17 Å². The Morgan fingerprint density at radius 3 is 2.50 bits per heavy atom. The number of para-hydroxylation sites is 1. The maximum absolute atomic E-state index is 15.4. The molecule has 0 fully saturated rings. The zero-order valence-electron chi connectivity index (χ0n) is 14.1. The predicted octanol–water partition coefficient (Wildman–Crippen LogP) is 4.38. The second-order valence-corrected chi connectivity index (χ2v) is 6.74. The molecule has 0 radical (unpaired) electrons. The van der Waals surface area contributed by atoms with E-state index < -0.39 is 6.30 Å². The van der Waals surface area contributed by atoms with Crippen molar-refractivity contribution in [1.29, 1.82) is 0 Å². The quantitative estimate of drug-likeness (QED) is 0.694. The van der Waals surface area contributed by atoms with Gasteiger partial charge in [-0.1, -0.05) is 48.5 Å². The third-order valence-electron chi connectivity index (χ3n) is 5.13. The van der Waals surface area contributed by atoms with Crippen molar-refractivity contribution in [3.05, 3.63) is 71.4 Å². The number of hydrogen-bond acceptors (Lipinski definition) is 1. The molecule has 0 bridgehead atoms. The Morgan fingerprint density at radius 1 is 0.958 bits per heavy atom. The van der Waals surface area contributed by atoms with Crippen LogP contribution in [0.5, 0.6) is 0 Å². The first-order valence-corrected chi connectivity index (χ1v) is 8.71. The first-order chi connectivity index (χ1) is 11.7. The molecule has 3 aromatic rings. The van der Waals surface area contributed by atoms with Crippen LogP contribution < -0.4 is 0 Å². The Morgan fingerprint density at radius 2 is 1.67 bits per heavy atom. The second kappa shape index (κ2) is 6.40. The largest absolute Gasteiger partial charge is 0.313 e. The number of fused-ring (bicyclic) bond motifs is 3. The highest BCUT2D eigenvalue weighted by molar-refractivity contribution is 5.86. The summed E-state index contributed by atoms with van der Waals surface area (Å²) in [6.45, 7) is 2.03. The summed E-state index contributed by atoms with van der Waals surface area (Å²) in [4.78, 5) is 2.34. The summed E-state index contributed by atoms with van der Waals surface area (Å²) in [6.07, 6.45) is 1.30. The standard InChI is InChI=1S/C21H23FN2/c1-23-13-11-18-17-9-5-6-10-19(17)24(20(18)12-14-23)21(22)15-16-7-3-2-4-8-16/h2-10,21H,11-15H2,1H3. The van der Waals surface area contributed by atoms with Gasteiger partial charge in [-0.05, 0) is 30.7 Å². The van der Waals surface area contributed by atoms with Crippen molar-refractivity contribution in [2.75, 3.05) is 20.1 Å². The SMILES string of the molecule is CN1CCc2c(n(C(F)Cc3ccccc3)c3ccccc23)CC1. The highest BCUT2D eigenvalue weighted by Crippen LogP contribution is 2.33. The zero-order valence-corrected chi connectivity index (χ0v) is 14.1. The average Bonchev–Trinajstić information content (AvgIpc) is 2.80. The van der Waals surface area contributed by atoms with Gasteiger partial charge in [0.25, 0.3) is 0 Å². The van der Waals surface area contributed by atoms with Gasteiger partial charge in [0.1, 0.15) is 0 Å². The average molecular weight is 322 g/mol. The van der Waals surface area contributed by atoms with Gasteiger partial charge < -0.3 is 9.47 Å². The lowest BCUT2D eigenvalue weighted by Crippen LogP contribution is -2.21. The van der Waals surface area contributed by atoms with Crippen LogP contribution in [0.1, 0.15) is 23.1 Å². The fourth-order valence-electron chi connectivity index (χ4n) is 3.87. The molecule has 1 aliphatic heterocycles. The summed E-state index contributed by atoms with van der Waals surface area (Å²) in [7, 11) is 2.15. The van der Waals surface area contributed by atoms with E-state index in [1.807, 2.05) is 41.0 Å². The van der Waals surface area contributed by atoms with Crippen LogP contribution in [-0.2, 0) is 19.3 Å². The van der Waals surface area contributed by atoms with Crippen molar-refractivity contribution in [2.45, 2.75) is 25.6 Å². The van der Waals surface area contributed by atoms with Gasteiger partial charge in [0.15, 0.2) is 6.30 Å². The summed E-state index contributed by atoms with van der Waals surface area (Å²) in [5.41, 5.74) is 4.60. The van der Waals surface area contributed by atoms with Crippen LogP contribution in [0.4, 0.5) is 4.39 Å². The Balaban J connectivity index is 1.79. The molecular weight excluding hydrogens is 299 g/mol. The van der Waals surface area contributed by atoms with E-state index in [0.29, 0.717) is 6.42 Å². The van der Waals surface area contributed by atoms with E-state index >= 15 is 4.39 Å². The smallest absolute Gasteiger partial charge is 0.180 e. The molecule has 0 aliphatic carbocycles. The third-order valence-corrected chi connectivity index (χ3v) is 5.13. The number of benzene rings is 2. The van der Waals surface area contributed by atoms with Gasteiger partial charge in [-0.2, -0.15) is 0 Å². The summed E-state index contributed by atoms with van der Waals surface area (Å²) in [5, 5.41) is 1.22. The Bertz CT molecular complexity index is 838. The van der Waals surface area contributed by atoms with Crippen LogP contribution in [0.15, 0.2) is 54.6 Å². The number of halogens is 1. The normalized spacial score (nSPS) is 16.8. The first-order valence-electron chi connectivity index (χ1n) is 8.71. The van der Waals surface area contributed by atoms with Gasteiger partial charge >= 0.3 is 0 Å². The lowest BCUT2D eigenvalue weighted by molar-refractivity contribution is 0.240. The minimum absolute atomic E-state index is 0.418. The van der Waals surface area contributed by atoms with Crippen molar-refractivity contribution >= 4 is 10.9 Å². The third kappa shape index (κ3) is 2.73. The molecule has 0 saturated carbocycles. The predicted molar refractivity (Wildman–Crippen MR) is 97.1 cm³/mol. The van der Waals surface area contributed by atoms with Crippen LogP contribution in [0.2, 0.25) is 0 Å². The van der Waals surface area contributed by atoms with Crippen molar-refractivity contribution in [1.82, 2.24) is 9.47 Å². The van der Waals surface area contributed by atoms with E-state index in [2.05, 4.69) is 30.1 Å². The maximum Gasteiger partial charge on any atom is 0.180 e. The van der Waals surface area contributed by atoms with Gasteiger partial charge in [-0.15, -0.1) is 0 Å². The van der Waals surface area contributed by atoms with Crippen molar-refractivity contribution in [3.8, 4) is 0 Å². The molecule has 2 aromatic carbocycles. The Hall–Kier alpha value is -2.13. The van der Waals surface area contributed by atoms with Crippen LogP contribution in [0, 0.1) is 0 Å². The van der Waals surface area contributed by atoms with Crippen LogP contribution in [0.25, 0.3) is 10.9 Å². The lowest BCUT2D eigenvalue weighted by Gasteiger charge is -2.17. The number of rotatable bonds is 3. The maximum atomic E-state index is 15.4. The highest BCUT2D eigenvalue weighted by Gasteiger charge is 2.24. The van der Waals surface area contributed by atoms with Crippen molar-refractivity contribution in [2.24, 2.45) is 0 Å². The molecule has 0 saturated heterocycles. The lowest BCUT2D eigenvalue weighted by atomic mass is 10.1. The minimum Gasteiger partial charge on any atom is -0.313 e. The summed E-state index contributed by atoms with van der Waals surface area (Å²) in [5.74, 6) is 0. The van der Waals surface area contributed by atoms with Crippen LogP contribution in [0.3, 0.4) is 0 Å². The van der Waals surface area contributed by atoms with E-state index in [1.54, 1.807) is 0 Å². The Labute approximate surface area is 142 Å². The number of hydrogen-bond donors (Lipinski definition) is 0. The molecule has 4 rings (SSSR count). The van der Waals surface area contributed by atoms with Crippen LogP contribution in [-0.4, -0.2) is 29.6 Å². The van der Waals surface area contributed by atoms with E-state index in [1.165, 1.54) is 16.6 Å². The summed E-state index contributed by atoms with van der Waals surface area (Å²) in [6, 6.07) is 18.2. The molecule has 1 aromatic heterocycles. The molecule has 0 N–H and O–H groups in total. The van der Waals surface area contributed by atoms with Gasteiger partial charge in [0.2, 0.25) is 0 Å². The summed E-state index contributed by atoms with van der Waals surface area (Å²) >= 11 is 0. The zero-order chi connectivity index (χ0) is 16.5. The fraction of sp³-hybridized carbons (Fsp3) is 0.333. The number of alkyl halides is 1. The molecule has 124 valence electrons. The second-order valence-electron chi connectivity index (χ2n) is 6.74. The molecule has 2 nitrogen and oxygen atoms in total. The number of likely N-dealkylation sites (N-methyl/N-ethyl adjacent to an activating group) is 1. The monoisotopic (exact) mass is 322 g/mol. The van der Waals surface area contributed by atoms with E-state index in [0.717, 1.165) is 37.0 Å². The molecule has 1 atom stereocenters. The number of nitrogens with zero attached hydrogens (tertiary/aromatic N) is 2. The molecule has 1 unspecified atom stereocenters. The number of aromatic nitrogens is 1. The van der Waals surface area contributed by atoms with E-state index in [-0.39, 0.29) is 0 Å². The first kappa shape index (κ1) is 15.4. The summed E-state index contributed by atoms with van der Waals surface area (Å²) < 4.78 is 17.3. The fourth-order valence-corrected chi connectivity index (χ4v) is 3.87. The molecule has 2 heterocycles. The molecule has 1 aliphatic rings. The van der Waals surface area contributed by atoms with Crippen LogP contribution >= 0.6 is 0 Å². The van der Waals surface area contributed by atoms with Crippen molar-refractivity contribution < 1.29 is 4.39 Å².